The Kier molecular flexibility index (Phi) is 18.5. The van der Waals surface area contributed by atoms with E-state index in [0.717, 1.165) is 90.1 Å². The van der Waals surface area contributed by atoms with Crippen molar-refractivity contribution in [2.45, 2.75) is 39.3 Å². The Bertz CT molecular complexity index is 2030. The zero-order valence-electron chi connectivity index (χ0n) is 34.6. The first-order valence-electron chi connectivity index (χ1n) is 20.4. The fourth-order valence-corrected chi connectivity index (χ4v) is 7.33. The second-order valence-corrected chi connectivity index (χ2v) is 16.6. The molecule has 8 nitrogen and oxygen atoms in total. The minimum atomic E-state index is -4.41. The van der Waals surface area contributed by atoms with E-state index in [1.54, 1.807) is 0 Å². The smallest absolute Gasteiger partial charge is 0.217 e. The van der Waals surface area contributed by atoms with Crippen molar-refractivity contribution >= 4 is 10.4 Å². The topological polar surface area (TPSA) is 76.1 Å². The molecule has 6 aromatic rings. The Hall–Kier alpha value is -4.97. The Morgan fingerprint density at radius 2 is 0.661 bits per heavy atom. The first kappa shape index (κ1) is 45.1. The summed E-state index contributed by atoms with van der Waals surface area (Å²) in [6, 6.07) is 66.0. The maximum Gasteiger partial charge on any atom is 0.217 e. The van der Waals surface area contributed by atoms with Crippen molar-refractivity contribution in [3.8, 4) is 0 Å². The SMILES string of the molecule is COS(=O)(=O)[O-].C[N+](CCN(CCN(CCN(Cc1ccccc1)Cc1ccccc1)Cc1ccccc1)Cc1ccccc1)(Cc1ccccc1)Cc1ccccc1. The molecule has 0 saturated heterocycles. The zero-order chi connectivity index (χ0) is 41.6. The lowest BCUT2D eigenvalue weighted by Gasteiger charge is -2.37. The molecule has 0 spiro atoms. The van der Waals surface area contributed by atoms with E-state index in [9.17, 15) is 13.0 Å². The minimum absolute atomic E-state index is 0.808. The molecule has 0 N–H and O–H groups in total. The average Bonchev–Trinajstić information content (AvgIpc) is 3.25. The van der Waals surface area contributed by atoms with Crippen LogP contribution in [0.4, 0.5) is 0 Å². The van der Waals surface area contributed by atoms with E-state index >= 15 is 0 Å². The molecule has 0 heterocycles. The van der Waals surface area contributed by atoms with E-state index < -0.39 is 10.4 Å². The van der Waals surface area contributed by atoms with Gasteiger partial charge in [0.2, 0.25) is 10.4 Å². The lowest BCUT2D eigenvalue weighted by atomic mass is 10.1. The standard InChI is InChI=1S/C49H57N4.CH4O4S/c1-53(42-48-28-16-6-17-29-48,43-49-30-18-7-19-31-49)37-36-51(39-45-22-10-3-11-23-45)33-32-50(38-44-20-8-2-9-21-44)34-35-52(40-46-24-12-4-13-25-46)41-47-26-14-5-15-27-47;1-5-6(2,3)4/h2-31H,32-43H2,1H3;1H3,(H,2,3,4)/q+1;/p-1. The van der Waals surface area contributed by atoms with Crippen molar-refractivity contribution in [1.82, 2.24) is 14.7 Å². The quantitative estimate of drug-likeness (QED) is 0.0386. The van der Waals surface area contributed by atoms with E-state index in [2.05, 4.69) is 208 Å². The summed E-state index contributed by atoms with van der Waals surface area (Å²) in [6.07, 6.45) is 0. The normalized spacial score (nSPS) is 11.8. The van der Waals surface area contributed by atoms with Gasteiger partial charge >= 0.3 is 0 Å². The number of nitrogens with zero attached hydrogens (tertiary/aromatic N) is 4. The maximum absolute atomic E-state index is 9.22. The molecule has 310 valence electrons. The highest BCUT2D eigenvalue weighted by atomic mass is 32.3. The molecule has 0 fully saturated rings. The van der Waals surface area contributed by atoms with Crippen LogP contribution in [0, 0.1) is 0 Å². The van der Waals surface area contributed by atoms with Gasteiger partial charge in [-0.3, -0.25) is 18.9 Å². The van der Waals surface area contributed by atoms with Crippen LogP contribution >= 0.6 is 0 Å². The molecule has 6 rings (SSSR count). The third-order valence-electron chi connectivity index (χ3n) is 10.4. The number of hydrogen-bond donors (Lipinski definition) is 0. The average molecular weight is 813 g/mol. The molecule has 0 aliphatic heterocycles. The second-order valence-electron chi connectivity index (χ2n) is 15.4. The van der Waals surface area contributed by atoms with Gasteiger partial charge in [-0.15, -0.1) is 0 Å². The van der Waals surface area contributed by atoms with Crippen LogP contribution in [0.5, 0.6) is 0 Å². The Labute approximate surface area is 353 Å². The molecule has 9 heteroatoms. The highest BCUT2D eigenvalue weighted by Gasteiger charge is 2.25. The van der Waals surface area contributed by atoms with E-state index in [0.29, 0.717) is 0 Å². The number of rotatable bonds is 22. The molecular weight excluding hydrogens is 753 g/mol. The summed E-state index contributed by atoms with van der Waals surface area (Å²) in [5, 5.41) is 0. The molecule has 0 bridgehead atoms. The first-order valence-corrected chi connectivity index (χ1v) is 21.7. The Balaban J connectivity index is 0.00000102. The van der Waals surface area contributed by atoms with Crippen molar-refractivity contribution in [1.29, 1.82) is 0 Å². The molecule has 0 unspecified atom stereocenters. The van der Waals surface area contributed by atoms with Crippen molar-refractivity contribution in [3.63, 3.8) is 0 Å². The van der Waals surface area contributed by atoms with Gasteiger partial charge in [0.15, 0.2) is 0 Å². The summed E-state index contributed by atoms with van der Waals surface area (Å²) in [7, 11) is -1.16. The van der Waals surface area contributed by atoms with Crippen LogP contribution in [0.1, 0.15) is 33.4 Å². The van der Waals surface area contributed by atoms with E-state index in [4.69, 9.17) is 0 Å². The first-order chi connectivity index (χ1) is 28.6. The predicted octanol–water partition coefficient (Wildman–Crippen LogP) is 8.63. The van der Waals surface area contributed by atoms with Gasteiger partial charge in [-0.1, -0.05) is 182 Å². The van der Waals surface area contributed by atoms with Crippen LogP contribution in [0.2, 0.25) is 0 Å². The molecule has 0 amide bonds. The van der Waals surface area contributed by atoms with Gasteiger partial charge in [0.25, 0.3) is 0 Å². The van der Waals surface area contributed by atoms with Crippen LogP contribution in [-0.4, -0.2) is 85.6 Å². The van der Waals surface area contributed by atoms with Crippen molar-refractivity contribution in [2.24, 2.45) is 0 Å². The van der Waals surface area contributed by atoms with E-state index in [-0.39, 0.29) is 0 Å². The fourth-order valence-electron chi connectivity index (χ4n) is 7.33. The van der Waals surface area contributed by atoms with Crippen LogP contribution in [0.3, 0.4) is 0 Å². The number of benzene rings is 6. The largest absolute Gasteiger partial charge is 0.726 e. The lowest BCUT2D eigenvalue weighted by molar-refractivity contribution is -0.935. The highest BCUT2D eigenvalue weighted by molar-refractivity contribution is 7.80. The van der Waals surface area contributed by atoms with Crippen molar-refractivity contribution < 1.29 is 21.6 Å². The van der Waals surface area contributed by atoms with E-state index in [1.807, 2.05) is 0 Å². The predicted molar refractivity (Wildman–Crippen MR) is 238 cm³/mol. The summed E-state index contributed by atoms with van der Waals surface area (Å²) in [5.74, 6) is 0. The van der Waals surface area contributed by atoms with Crippen LogP contribution < -0.4 is 0 Å². The maximum atomic E-state index is 9.22. The molecule has 0 radical (unpaired) electrons. The molecule has 6 aromatic carbocycles. The lowest BCUT2D eigenvalue weighted by Crippen LogP contribution is -2.48. The van der Waals surface area contributed by atoms with Gasteiger partial charge in [0.1, 0.15) is 13.1 Å². The van der Waals surface area contributed by atoms with E-state index in [1.165, 1.54) is 33.4 Å². The molecule has 0 saturated carbocycles. The molecule has 0 atom stereocenters. The van der Waals surface area contributed by atoms with Crippen molar-refractivity contribution in [2.75, 3.05) is 53.4 Å². The summed E-state index contributed by atoms with van der Waals surface area (Å²) >= 11 is 0. The Morgan fingerprint density at radius 3 is 0.949 bits per heavy atom. The van der Waals surface area contributed by atoms with Gasteiger partial charge in [0.05, 0.1) is 20.7 Å². The van der Waals surface area contributed by atoms with Crippen LogP contribution in [-0.2, 0) is 53.9 Å². The monoisotopic (exact) mass is 812 g/mol. The minimum Gasteiger partial charge on any atom is -0.726 e. The fraction of sp³-hybridized carbons (Fsp3) is 0.280. The third-order valence-corrected chi connectivity index (χ3v) is 10.8. The Morgan fingerprint density at radius 1 is 0.424 bits per heavy atom. The van der Waals surface area contributed by atoms with Crippen molar-refractivity contribution in [3.05, 3.63) is 215 Å². The van der Waals surface area contributed by atoms with Gasteiger partial charge in [-0.25, -0.2) is 8.42 Å². The molecule has 0 aliphatic rings. The van der Waals surface area contributed by atoms with Gasteiger partial charge in [-0.2, -0.15) is 0 Å². The zero-order valence-corrected chi connectivity index (χ0v) is 35.5. The van der Waals surface area contributed by atoms with Crippen LogP contribution in [0.15, 0.2) is 182 Å². The van der Waals surface area contributed by atoms with Crippen LogP contribution in [0.25, 0.3) is 0 Å². The summed E-state index contributed by atoms with van der Waals surface area (Å²) in [4.78, 5) is 7.99. The van der Waals surface area contributed by atoms with Gasteiger partial charge in [0, 0.05) is 70.0 Å². The highest BCUT2D eigenvalue weighted by Crippen LogP contribution is 2.19. The molecule has 59 heavy (non-hydrogen) atoms. The molecule has 0 aromatic heterocycles. The number of quaternary nitrogens is 1. The number of likely N-dealkylation sites (N-methyl/N-ethyl adjacent to an activating group) is 1. The summed E-state index contributed by atoms with van der Waals surface area (Å²) in [6.45, 7) is 11.9. The third kappa shape index (κ3) is 17.8. The molecular formula is C50H60N4O4S. The second kappa shape index (κ2) is 24.2. The van der Waals surface area contributed by atoms with Gasteiger partial charge in [-0.05, 0) is 22.3 Å². The summed E-state index contributed by atoms with van der Waals surface area (Å²) < 4.78 is 32.0. The summed E-state index contributed by atoms with van der Waals surface area (Å²) in [5.41, 5.74) is 8.25. The molecule has 0 aliphatic carbocycles. The van der Waals surface area contributed by atoms with Gasteiger partial charge < -0.3 is 9.04 Å². The number of hydrogen-bond acceptors (Lipinski definition) is 7.